The Morgan fingerprint density at radius 2 is 1.89 bits per heavy atom. The molecule has 0 saturated heterocycles. The van der Waals surface area contributed by atoms with E-state index in [0.29, 0.717) is 23.1 Å². The summed E-state index contributed by atoms with van der Waals surface area (Å²) in [5.41, 5.74) is 7.12. The van der Waals surface area contributed by atoms with Gasteiger partial charge in [0.15, 0.2) is 0 Å². The van der Waals surface area contributed by atoms with Crippen molar-refractivity contribution in [2.45, 2.75) is 6.61 Å². The number of ether oxygens (including phenoxy) is 1. The molecule has 0 radical (unpaired) electrons. The van der Waals surface area contributed by atoms with E-state index in [1.165, 1.54) is 12.1 Å². The Bertz CT molecular complexity index is 596. The first-order chi connectivity index (χ1) is 9.06. The lowest BCUT2D eigenvalue weighted by atomic mass is 10.2. The number of benzene rings is 2. The lowest BCUT2D eigenvalue weighted by Crippen LogP contribution is -2.02. The second-order valence-corrected chi connectivity index (χ2v) is 4.41. The molecule has 2 aromatic rings. The Labute approximate surface area is 115 Å². The number of anilines is 1. The van der Waals surface area contributed by atoms with E-state index >= 15 is 0 Å². The lowest BCUT2D eigenvalue weighted by Gasteiger charge is -2.09. The highest BCUT2D eigenvalue weighted by atomic mass is 35.5. The highest BCUT2D eigenvalue weighted by molar-refractivity contribution is 6.30. The summed E-state index contributed by atoms with van der Waals surface area (Å²) in [7, 11) is 0. The molecule has 0 fully saturated rings. The number of halogens is 1. The number of carboxylic acids is 1. The predicted molar refractivity (Wildman–Crippen MR) is 73.6 cm³/mol. The van der Waals surface area contributed by atoms with Gasteiger partial charge in [-0.05, 0) is 35.9 Å². The van der Waals surface area contributed by atoms with Crippen molar-refractivity contribution in [1.82, 2.24) is 0 Å². The van der Waals surface area contributed by atoms with Crippen LogP contribution in [0.2, 0.25) is 5.02 Å². The van der Waals surface area contributed by atoms with Crippen LogP contribution in [-0.4, -0.2) is 11.1 Å². The fraction of sp³-hybridized carbons (Fsp3) is 0.0714. The molecule has 5 heteroatoms. The molecule has 0 unspecified atom stereocenters. The van der Waals surface area contributed by atoms with Crippen LogP contribution in [0.1, 0.15) is 15.9 Å². The highest BCUT2D eigenvalue weighted by Gasteiger charge is 2.07. The third-order valence-electron chi connectivity index (χ3n) is 2.56. The number of rotatable bonds is 4. The summed E-state index contributed by atoms with van der Waals surface area (Å²) >= 11 is 5.78. The van der Waals surface area contributed by atoms with Crippen molar-refractivity contribution in [1.29, 1.82) is 0 Å². The third kappa shape index (κ3) is 3.39. The second-order valence-electron chi connectivity index (χ2n) is 3.97. The van der Waals surface area contributed by atoms with Gasteiger partial charge < -0.3 is 15.6 Å². The average Bonchev–Trinajstić information content (AvgIpc) is 2.39. The van der Waals surface area contributed by atoms with Gasteiger partial charge in [-0.15, -0.1) is 0 Å². The number of carboxylic acid groups (broad SMARTS) is 1. The molecule has 98 valence electrons. The topological polar surface area (TPSA) is 72.6 Å². The van der Waals surface area contributed by atoms with Crippen LogP contribution >= 0.6 is 11.6 Å². The smallest absolute Gasteiger partial charge is 0.335 e. The summed E-state index contributed by atoms with van der Waals surface area (Å²) < 4.78 is 5.54. The summed E-state index contributed by atoms with van der Waals surface area (Å²) in [5.74, 6) is -0.559. The molecule has 0 aliphatic carbocycles. The van der Waals surface area contributed by atoms with E-state index in [-0.39, 0.29) is 5.56 Å². The third-order valence-corrected chi connectivity index (χ3v) is 2.82. The summed E-state index contributed by atoms with van der Waals surface area (Å²) in [6.07, 6.45) is 0. The number of nitrogen functional groups attached to an aromatic ring is 1. The van der Waals surface area contributed by atoms with Gasteiger partial charge in [-0.25, -0.2) is 4.79 Å². The Hall–Kier alpha value is -2.20. The van der Waals surface area contributed by atoms with Gasteiger partial charge in [0.25, 0.3) is 0 Å². The van der Waals surface area contributed by atoms with Crippen LogP contribution in [0, 0.1) is 0 Å². The van der Waals surface area contributed by atoms with Gasteiger partial charge in [-0.3, -0.25) is 0 Å². The largest absolute Gasteiger partial charge is 0.487 e. The molecule has 0 aliphatic rings. The number of aromatic carboxylic acids is 1. The number of nitrogens with two attached hydrogens (primary N) is 1. The normalized spacial score (nSPS) is 10.2. The molecule has 0 spiro atoms. The van der Waals surface area contributed by atoms with Crippen LogP contribution in [0.3, 0.4) is 0 Å². The van der Waals surface area contributed by atoms with Crippen LogP contribution < -0.4 is 10.5 Å². The molecular formula is C14H12ClNO3. The molecular weight excluding hydrogens is 266 g/mol. The van der Waals surface area contributed by atoms with E-state index < -0.39 is 5.97 Å². The number of hydrogen-bond donors (Lipinski definition) is 2. The van der Waals surface area contributed by atoms with E-state index in [1.807, 2.05) is 12.1 Å². The van der Waals surface area contributed by atoms with E-state index in [2.05, 4.69) is 0 Å². The standard InChI is InChI=1S/C14H12ClNO3/c15-11-4-1-9(2-5-11)8-19-13-6-3-10(14(17)18)7-12(13)16/h1-7H,8,16H2,(H,17,18). The Kier molecular flexibility index (Phi) is 3.92. The molecule has 0 amide bonds. The zero-order chi connectivity index (χ0) is 13.8. The number of hydrogen-bond acceptors (Lipinski definition) is 3. The SMILES string of the molecule is Nc1cc(C(=O)O)ccc1OCc1ccc(Cl)cc1. The molecule has 19 heavy (non-hydrogen) atoms. The van der Waals surface area contributed by atoms with E-state index in [1.54, 1.807) is 18.2 Å². The van der Waals surface area contributed by atoms with Crippen LogP contribution in [0.5, 0.6) is 5.75 Å². The molecule has 0 bridgehead atoms. The van der Waals surface area contributed by atoms with E-state index in [9.17, 15) is 4.79 Å². The van der Waals surface area contributed by atoms with Crippen molar-refractivity contribution in [3.8, 4) is 5.75 Å². The predicted octanol–water partition coefficient (Wildman–Crippen LogP) is 3.20. The number of carbonyl (C=O) groups is 1. The molecule has 0 saturated carbocycles. The Balaban J connectivity index is 2.07. The molecule has 3 N–H and O–H groups in total. The summed E-state index contributed by atoms with van der Waals surface area (Å²) in [5, 5.41) is 9.49. The first kappa shape index (κ1) is 13.2. The van der Waals surface area contributed by atoms with Gasteiger partial charge in [0.05, 0.1) is 11.3 Å². The van der Waals surface area contributed by atoms with Gasteiger partial charge in [0.2, 0.25) is 0 Å². The van der Waals surface area contributed by atoms with Crippen molar-refractivity contribution in [3.63, 3.8) is 0 Å². The lowest BCUT2D eigenvalue weighted by molar-refractivity contribution is 0.0697. The fourth-order valence-corrected chi connectivity index (χ4v) is 1.68. The first-order valence-electron chi connectivity index (χ1n) is 5.56. The van der Waals surface area contributed by atoms with Gasteiger partial charge in [-0.1, -0.05) is 23.7 Å². The van der Waals surface area contributed by atoms with Gasteiger partial charge in [0, 0.05) is 5.02 Å². The van der Waals surface area contributed by atoms with Gasteiger partial charge in [0.1, 0.15) is 12.4 Å². The molecule has 4 nitrogen and oxygen atoms in total. The summed E-state index contributed by atoms with van der Waals surface area (Å²) in [6, 6.07) is 11.6. The zero-order valence-corrected chi connectivity index (χ0v) is 10.7. The fourth-order valence-electron chi connectivity index (χ4n) is 1.55. The van der Waals surface area contributed by atoms with Crippen LogP contribution in [0.15, 0.2) is 42.5 Å². The minimum absolute atomic E-state index is 0.136. The maximum absolute atomic E-state index is 10.8. The van der Waals surface area contributed by atoms with Crippen LogP contribution in [0.25, 0.3) is 0 Å². The monoisotopic (exact) mass is 277 g/mol. The molecule has 2 rings (SSSR count). The summed E-state index contributed by atoms with van der Waals surface area (Å²) in [4.78, 5) is 10.8. The van der Waals surface area contributed by atoms with Crippen LogP contribution in [-0.2, 0) is 6.61 Å². The molecule has 0 aliphatic heterocycles. The maximum Gasteiger partial charge on any atom is 0.335 e. The van der Waals surface area contributed by atoms with E-state index in [0.717, 1.165) is 5.56 Å². The zero-order valence-electron chi connectivity index (χ0n) is 9.97. The summed E-state index contributed by atoms with van der Waals surface area (Å²) in [6.45, 7) is 0.341. The first-order valence-corrected chi connectivity index (χ1v) is 5.94. The minimum atomic E-state index is -1.02. The van der Waals surface area contributed by atoms with E-state index in [4.69, 9.17) is 27.2 Å². The van der Waals surface area contributed by atoms with Crippen molar-refractivity contribution in [3.05, 3.63) is 58.6 Å². The van der Waals surface area contributed by atoms with Crippen molar-refractivity contribution in [2.24, 2.45) is 0 Å². The van der Waals surface area contributed by atoms with Crippen LogP contribution in [0.4, 0.5) is 5.69 Å². The molecule has 0 heterocycles. The highest BCUT2D eigenvalue weighted by Crippen LogP contribution is 2.23. The van der Waals surface area contributed by atoms with Crippen molar-refractivity contribution in [2.75, 3.05) is 5.73 Å². The average molecular weight is 278 g/mol. The molecule has 0 atom stereocenters. The van der Waals surface area contributed by atoms with Crippen molar-refractivity contribution >= 4 is 23.3 Å². The minimum Gasteiger partial charge on any atom is -0.487 e. The Morgan fingerprint density at radius 3 is 2.47 bits per heavy atom. The maximum atomic E-state index is 10.8. The van der Waals surface area contributed by atoms with Gasteiger partial charge >= 0.3 is 5.97 Å². The quantitative estimate of drug-likeness (QED) is 0.842. The molecule has 2 aromatic carbocycles. The van der Waals surface area contributed by atoms with Gasteiger partial charge in [-0.2, -0.15) is 0 Å². The Morgan fingerprint density at radius 1 is 1.21 bits per heavy atom. The second kappa shape index (κ2) is 5.63. The van der Waals surface area contributed by atoms with Crippen molar-refractivity contribution < 1.29 is 14.6 Å². The molecule has 0 aromatic heterocycles.